The predicted molar refractivity (Wildman–Crippen MR) is 115 cm³/mol. The Labute approximate surface area is 167 Å². The molecule has 0 radical (unpaired) electrons. The summed E-state index contributed by atoms with van der Waals surface area (Å²) in [6.45, 7) is 4.33. The lowest BCUT2D eigenvalue weighted by Crippen LogP contribution is -2.11. The molecule has 0 fully saturated rings. The van der Waals surface area contributed by atoms with Crippen molar-refractivity contribution < 1.29 is 9.53 Å². The Bertz CT molecular complexity index is 1100. The van der Waals surface area contributed by atoms with Gasteiger partial charge in [-0.25, -0.2) is 4.98 Å². The zero-order valence-corrected chi connectivity index (χ0v) is 16.5. The normalized spacial score (nSPS) is 11.0. The van der Waals surface area contributed by atoms with Gasteiger partial charge in [-0.2, -0.15) is 0 Å². The molecule has 0 atom stereocenters. The summed E-state index contributed by atoms with van der Waals surface area (Å²) in [6, 6.07) is 22.8. The minimum absolute atomic E-state index is 0.186. The third-order valence-electron chi connectivity index (χ3n) is 4.40. The molecule has 0 spiro atoms. The van der Waals surface area contributed by atoms with Gasteiger partial charge in [0, 0.05) is 5.56 Å². The second-order valence-corrected chi connectivity index (χ2v) is 7.83. The molecule has 0 saturated heterocycles. The van der Waals surface area contributed by atoms with Crippen LogP contribution in [0.2, 0.25) is 0 Å². The number of ether oxygens (including phenoxy) is 1. The molecule has 0 saturated carbocycles. The van der Waals surface area contributed by atoms with Crippen LogP contribution in [0, 0.1) is 0 Å². The van der Waals surface area contributed by atoms with E-state index in [0.29, 0.717) is 22.4 Å². The Morgan fingerprint density at radius 1 is 0.964 bits per heavy atom. The lowest BCUT2D eigenvalue weighted by Gasteiger charge is -2.06. The number of carbonyl (C=O) groups excluding carboxylic acids is 1. The second kappa shape index (κ2) is 7.82. The Hall–Kier alpha value is -3.18. The van der Waals surface area contributed by atoms with Crippen molar-refractivity contribution in [3.05, 3.63) is 83.9 Å². The van der Waals surface area contributed by atoms with Crippen molar-refractivity contribution in [1.29, 1.82) is 0 Å². The number of thiazole rings is 1. The zero-order valence-electron chi connectivity index (χ0n) is 15.7. The van der Waals surface area contributed by atoms with Crippen molar-refractivity contribution in [2.45, 2.75) is 19.8 Å². The summed E-state index contributed by atoms with van der Waals surface area (Å²) >= 11 is 1.49. The largest absolute Gasteiger partial charge is 0.457 e. The molecule has 0 aliphatic heterocycles. The number of anilines is 1. The maximum absolute atomic E-state index is 12.6. The van der Waals surface area contributed by atoms with E-state index in [1.807, 2.05) is 36.4 Å². The highest BCUT2D eigenvalue weighted by molar-refractivity contribution is 7.22. The predicted octanol–water partition coefficient (Wildman–Crippen LogP) is 6.46. The third-order valence-corrected chi connectivity index (χ3v) is 5.33. The van der Waals surface area contributed by atoms with Crippen LogP contribution in [0.3, 0.4) is 0 Å². The Morgan fingerprint density at radius 3 is 2.39 bits per heavy atom. The number of amides is 1. The summed E-state index contributed by atoms with van der Waals surface area (Å²) in [5.41, 5.74) is 2.72. The highest BCUT2D eigenvalue weighted by atomic mass is 32.1. The van der Waals surface area contributed by atoms with Gasteiger partial charge in [0.25, 0.3) is 5.91 Å². The topological polar surface area (TPSA) is 51.2 Å². The first-order valence-corrected chi connectivity index (χ1v) is 9.95. The maximum atomic E-state index is 12.6. The number of nitrogens with one attached hydrogen (secondary N) is 1. The lowest BCUT2D eigenvalue weighted by atomic mass is 10.0. The van der Waals surface area contributed by atoms with Crippen LogP contribution in [0.4, 0.5) is 5.13 Å². The molecule has 1 aromatic heterocycles. The van der Waals surface area contributed by atoms with E-state index in [0.717, 1.165) is 16.0 Å². The minimum Gasteiger partial charge on any atom is -0.457 e. The number of rotatable bonds is 5. The third kappa shape index (κ3) is 4.05. The lowest BCUT2D eigenvalue weighted by molar-refractivity contribution is 0.102. The molecule has 5 heteroatoms. The highest BCUT2D eigenvalue weighted by Crippen LogP contribution is 2.29. The van der Waals surface area contributed by atoms with Crippen molar-refractivity contribution in [2.75, 3.05) is 5.32 Å². The van der Waals surface area contributed by atoms with E-state index in [-0.39, 0.29) is 5.91 Å². The molecule has 4 aromatic rings. The molecule has 0 unspecified atom stereocenters. The van der Waals surface area contributed by atoms with Crippen LogP contribution in [0.5, 0.6) is 11.5 Å². The van der Waals surface area contributed by atoms with Crippen LogP contribution in [0.15, 0.2) is 72.8 Å². The summed E-state index contributed by atoms with van der Waals surface area (Å²) < 4.78 is 6.84. The van der Waals surface area contributed by atoms with Crippen molar-refractivity contribution >= 4 is 32.6 Å². The second-order valence-electron chi connectivity index (χ2n) is 6.79. The molecular weight excluding hydrogens is 368 g/mol. The standard InChI is InChI=1S/C23H20N2O2S/c1-15(2)17-10-13-20-21(14-17)28-23(24-20)25-22(26)16-8-11-19(12-9-16)27-18-6-4-3-5-7-18/h3-15H,1-2H3,(H,24,25,26). The fraction of sp³-hybridized carbons (Fsp3) is 0.130. The van der Waals surface area contributed by atoms with Gasteiger partial charge in [0.15, 0.2) is 5.13 Å². The van der Waals surface area contributed by atoms with E-state index in [1.54, 1.807) is 24.3 Å². The van der Waals surface area contributed by atoms with E-state index in [9.17, 15) is 4.79 Å². The number of hydrogen-bond donors (Lipinski definition) is 1. The number of fused-ring (bicyclic) bond motifs is 1. The summed E-state index contributed by atoms with van der Waals surface area (Å²) in [5.74, 6) is 1.72. The smallest absolute Gasteiger partial charge is 0.257 e. The average Bonchev–Trinajstić information content (AvgIpc) is 3.10. The van der Waals surface area contributed by atoms with E-state index in [2.05, 4.69) is 36.3 Å². The molecule has 4 nitrogen and oxygen atoms in total. The monoisotopic (exact) mass is 388 g/mol. The Morgan fingerprint density at radius 2 is 1.68 bits per heavy atom. The zero-order chi connectivity index (χ0) is 19.5. The summed E-state index contributed by atoms with van der Waals surface area (Å²) in [7, 11) is 0. The van der Waals surface area contributed by atoms with Crippen molar-refractivity contribution in [3.63, 3.8) is 0 Å². The van der Waals surface area contributed by atoms with E-state index in [1.165, 1.54) is 16.9 Å². The van der Waals surface area contributed by atoms with Gasteiger partial charge in [-0.05, 0) is 60.0 Å². The molecule has 0 aliphatic rings. The average molecular weight is 388 g/mol. The van der Waals surface area contributed by atoms with Gasteiger partial charge in [-0.15, -0.1) is 0 Å². The first-order chi connectivity index (χ1) is 13.6. The molecule has 0 aliphatic carbocycles. The number of aromatic nitrogens is 1. The van der Waals surface area contributed by atoms with Crippen molar-refractivity contribution in [2.24, 2.45) is 0 Å². The van der Waals surface area contributed by atoms with Gasteiger partial charge in [-0.3, -0.25) is 10.1 Å². The number of carbonyl (C=O) groups is 1. The van der Waals surface area contributed by atoms with E-state index >= 15 is 0 Å². The molecule has 140 valence electrons. The molecule has 1 heterocycles. The van der Waals surface area contributed by atoms with Gasteiger partial charge >= 0.3 is 0 Å². The van der Waals surface area contributed by atoms with Crippen LogP contribution in [0.1, 0.15) is 35.7 Å². The quantitative estimate of drug-likeness (QED) is 0.426. The van der Waals surface area contributed by atoms with Gasteiger partial charge in [-0.1, -0.05) is 49.4 Å². The number of nitrogens with zero attached hydrogens (tertiary/aromatic N) is 1. The van der Waals surface area contributed by atoms with Crippen LogP contribution in [0.25, 0.3) is 10.2 Å². The van der Waals surface area contributed by atoms with Crippen LogP contribution in [-0.2, 0) is 0 Å². The van der Waals surface area contributed by atoms with Crippen molar-refractivity contribution in [3.8, 4) is 11.5 Å². The molecule has 4 rings (SSSR count). The van der Waals surface area contributed by atoms with Crippen LogP contribution >= 0.6 is 11.3 Å². The first kappa shape index (κ1) is 18.2. The molecule has 1 N–H and O–H groups in total. The summed E-state index contributed by atoms with van der Waals surface area (Å²) in [4.78, 5) is 17.1. The van der Waals surface area contributed by atoms with Crippen LogP contribution in [-0.4, -0.2) is 10.9 Å². The number of benzene rings is 3. The Kier molecular flexibility index (Phi) is 5.08. The number of hydrogen-bond acceptors (Lipinski definition) is 4. The van der Waals surface area contributed by atoms with Crippen LogP contribution < -0.4 is 10.1 Å². The molecule has 28 heavy (non-hydrogen) atoms. The molecule has 0 bridgehead atoms. The van der Waals surface area contributed by atoms with Crippen molar-refractivity contribution in [1.82, 2.24) is 4.98 Å². The molecular formula is C23H20N2O2S. The minimum atomic E-state index is -0.186. The van der Waals surface area contributed by atoms with Gasteiger partial charge < -0.3 is 4.74 Å². The van der Waals surface area contributed by atoms with E-state index < -0.39 is 0 Å². The van der Waals surface area contributed by atoms with Gasteiger partial charge in [0.05, 0.1) is 10.2 Å². The van der Waals surface area contributed by atoms with E-state index in [4.69, 9.17) is 4.74 Å². The van der Waals surface area contributed by atoms with Gasteiger partial charge in [0.1, 0.15) is 11.5 Å². The van der Waals surface area contributed by atoms with Gasteiger partial charge in [0.2, 0.25) is 0 Å². The fourth-order valence-electron chi connectivity index (χ4n) is 2.82. The molecule has 3 aromatic carbocycles. The fourth-order valence-corrected chi connectivity index (χ4v) is 3.73. The first-order valence-electron chi connectivity index (χ1n) is 9.13. The maximum Gasteiger partial charge on any atom is 0.257 e. The number of para-hydroxylation sites is 1. The Balaban J connectivity index is 1.46. The SMILES string of the molecule is CC(C)c1ccc2nc(NC(=O)c3ccc(Oc4ccccc4)cc3)sc2c1. The summed E-state index contributed by atoms with van der Waals surface area (Å²) in [6.07, 6.45) is 0. The highest BCUT2D eigenvalue weighted by Gasteiger charge is 2.11. The molecule has 1 amide bonds. The summed E-state index contributed by atoms with van der Waals surface area (Å²) in [5, 5.41) is 3.50.